The van der Waals surface area contributed by atoms with E-state index in [2.05, 4.69) is 26.6 Å². The lowest BCUT2D eigenvalue weighted by atomic mass is 10.1. The topological polar surface area (TPSA) is 128 Å². The summed E-state index contributed by atoms with van der Waals surface area (Å²) in [5.74, 6) is -1.36. The van der Waals surface area contributed by atoms with Crippen molar-refractivity contribution < 1.29 is 24.0 Å². The van der Waals surface area contributed by atoms with E-state index < -0.39 is 23.4 Å². The quantitative estimate of drug-likeness (QED) is 0.306. The van der Waals surface area contributed by atoms with Gasteiger partial charge in [-0.25, -0.2) is 0 Å². The van der Waals surface area contributed by atoms with E-state index >= 15 is 0 Å². The highest BCUT2D eigenvalue weighted by Crippen LogP contribution is 2.24. The first-order chi connectivity index (χ1) is 14.7. The molecule has 0 fully saturated rings. The van der Waals surface area contributed by atoms with Crippen molar-refractivity contribution in [3.8, 4) is 0 Å². The Labute approximate surface area is 187 Å². The lowest BCUT2D eigenvalue weighted by Crippen LogP contribution is -2.21. The van der Waals surface area contributed by atoms with E-state index in [0.717, 1.165) is 15.6 Å². The number of amides is 2. The third kappa shape index (κ3) is 7.82. The molecule has 2 aromatic rings. The van der Waals surface area contributed by atoms with Gasteiger partial charge in [0.2, 0.25) is 5.91 Å². The van der Waals surface area contributed by atoms with Gasteiger partial charge in [0.1, 0.15) is 0 Å². The minimum Gasteiger partial charge on any atom is -0.456 e. The maximum absolute atomic E-state index is 12.0. The maximum Gasteiger partial charge on any atom is 0.306 e. The van der Waals surface area contributed by atoms with Crippen LogP contribution >= 0.6 is 15.9 Å². The summed E-state index contributed by atoms with van der Waals surface area (Å²) in [5.41, 5.74) is 2.83. The second-order valence-electron chi connectivity index (χ2n) is 6.83. The van der Waals surface area contributed by atoms with Gasteiger partial charge in [0.05, 0.1) is 4.92 Å². The number of carbonyl (C=O) groups is 3. The summed E-state index contributed by atoms with van der Waals surface area (Å²) in [7, 11) is 0. The van der Waals surface area contributed by atoms with E-state index in [4.69, 9.17) is 4.74 Å². The van der Waals surface area contributed by atoms with E-state index in [1.165, 1.54) is 24.3 Å². The minimum absolute atomic E-state index is 0.0165. The lowest BCUT2D eigenvalue weighted by Gasteiger charge is -2.11. The molecule has 0 spiro atoms. The zero-order chi connectivity index (χ0) is 23.0. The van der Waals surface area contributed by atoms with Crippen molar-refractivity contribution in [2.75, 3.05) is 17.2 Å². The first-order valence-electron chi connectivity index (χ1n) is 9.42. The van der Waals surface area contributed by atoms with Crippen LogP contribution in [0.4, 0.5) is 17.1 Å². The lowest BCUT2D eigenvalue weighted by molar-refractivity contribution is -0.384. The van der Waals surface area contributed by atoms with Crippen LogP contribution in [-0.4, -0.2) is 29.3 Å². The SMILES string of the molecule is Cc1cc(NC(=O)COC(=O)CCCC(=O)Nc2ccc([N+](=O)[O-])cc2)c(C)cc1Br. The molecule has 0 unspecified atom stereocenters. The highest BCUT2D eigenvalue weighted by atomic mass is 79.9. The summed E-state index contributed by atoms with van der Waals surface area (Å²) < 4.78 is 5.89. The number of aryl methyl sites for hydroxylation is 2. The molecule has 164 valence electrons. The molecule has 2 aromatic carbocycles. The molecule has 10 heteroatoms. The summed E-state index contributed by atoms with van der Waals surface area (Å²) in [4.78, 5) is 45.8. The molecule has 0 heterocycles. The molecule has 0 aliphatic heterocycles. The molecule has 0 radical (unpaired) electrons. The Morgan fingerprint density at radius 3 is 2.32 bits per heavy atom. The number of nitrogens with zero attached hydrogens (tertiary/aromatic N) is 1. The molecule has 0 bridgehead atoms. The Kier molecular flexibility index (Phi) is 8.68. The smallest absolute Gasteiger partial charge is 0.306 e. The summed E-state index contributed by atoms with van der Waals surface area (Å²) in [6, 6.07) is 9.14. The molecule has 0 atom stereocenters. The fourth-order valence-corrected chi connectivity index (χ4v) is 3.06. The third-order valence-corrected chi connectivity index (χ3v) is 5.14. The highest BCUT2D eigenvalue weighted by molar-refractivity contribution is 9.10. The Morgan fingerprint density at radius 1 is 1.00 bits per heavy atom. The van der Waals surface area contributed by atoms with Gasteiger partial charge >= 0.3 is 5.97 Å². The molecule has 0 aromatic heterocycles. The van der Waals surface area contributed by atoms with Crippen LogP contribution in [-0.2, 0) is 19.1 Å². The van der Waals surface area contributed by atoms with E-state index in [1.807, 2.05) is 26.0 Å². The number of halogens is 1. The van der Waals surface area contributed by atoms with Gasteiger partial charge in [-0.05, 0) is 55.7 Å². The number of nitro groups is 1. The van der Waals surface area contributed by atoms with Crippen LogP contribution in [0.3, 0.4) is 0 Å². The van der Waals surface area contributed by atoms with Crippen LogP contribution in [0, 0.1) is 24.0 Å². The Morgan fingerprint density at radius 2 is 1.68 bits per heavy atom. The minimum atomic E-state index is -0.581. The van der Waals surface area contributed by atoms with E-state index in [0.29, 0.717) is 11.4 Å². The normalized spacial score (nSPS) is 10.3. The molecular weight excluding hydrogens is 470 g/mol. The molecule has 9 nitrogen and oxygen atoms in total. The first kappa shape index (κ1) is 24.0. The van der Waals surface area contributed by atoms with Gasteiger partial charge in [-0.15, -0.1) is 0 Å². The molecule has 31 heavy (non-hydrogen) atoms. The van der Waals surface area contributed by atoms with Crippen LogP contribution in [0.1, 0.15) is 30.4 Å². The summed E-state index contributed by atoms with van der Waals surface area (Å²) >= 11 is 3.42. The van der Waals surface area contributed by atoms with Crippen LogP contribution in [0.15, 0.2) is 40.9 Å². The largest absolute Gasteiger partial charge is 0.456 e. The number of non-ortho nitro benzene ring substituents is 1. The van der Waals surface area contributed by atoms with Gasteiger partial charge in [-0.2, -0.15) is 0 Å². The fourth-order valence-electron chi connectivity index (χ4n) is 2.60. The number of hydrogen-bond donors (Lipinski definition) is 2. The first-order valence-corrected chi connectivity index (χ1v) is 10.2. The van der Waals surface area contributed by atoms with Gasteiger partial charge in [0, 0.05) is 40.8 Å². The second-order valence-corrected chi connectivity index (χ2v) is 7.69. The van der Waals surface area contributed by atoms with Crippen molar-refractivity contribution in [3.63, 3.8) is 0 Å². The molecule has 2 amide bonds. The van der Waals surface area contributed by atoms with E-state index in [1.54, 1.807) is 0 Å². The van der Waals surface area contributed by atoms with Crippen molar-refractivity contribution in [2.24, 2.45) is 0 Å². The van der Waals surface area contributed by atoms with Crippen molar-refractivity contribution in [1.82, 2.24) is 0 Å². The predicted octanol–water partition coefficient (Wildman–Crippen LogP) is 4.26. The molecule has 0 saturated heterocycles. The number of carbonyl (C=O) groups excluding carboxylic acids is 3. The Hall–Kier alpha value is -3.27. The van der Waals surface area contributed by atoms with Crippen LogP contribution < -0.4 is 10.6 Å². The van der Waals surface area contributed by atoms with Gasteiger partial charge in [-0.1, -0.05) is 15.9 Å². The summed E-state index contributed by atoms with van der Waals surface area (Å²) in [6.45, 7) is 3.34. The van der Waals surface area contributed by atoms with Gasteiger partial charge in [-0.3, -0.25) is 24.5 Å². The van der Waals surface area contributed by atoms with Gasteiger partial charge in [0.25, 0.3) is 11.6 Å². The van der Waals surface area contributed by atoms with Gasteiger partial charge < -0.3 is 15.4 Å². The van der Waals surface area contributed by atoms with Crippen molar-refractivity contribution in [2.45, 2.75) is 33.1 Å². The number of ether oxygens (including phenoxy) is 1. The number of nitro benzene ring substituents is 1. The number of anilines is 2. The van der Waals surface area contributed by atoms with Gasteiger partial charge in [0.15, 0.2) is 6.61 Å². The maximum atomic E-state index is 12.0. The fraction of sp³-hybridized carbons (Fsp3) is 0.286. The monoisotopic (exact) mass is 491 g/mol. The molecule has 0 aliphatic carbocycles. The number of benzene rings is 2. The van der Waals surface area contributed by atoms with Crippen LogP contribution in [0.2, 0.25) is 0 Å². The molecule has 0 saturated carbocycles. The van der Waals surface area contributed by atoms with Crippen molar-refractivity contribution in [1.29, 1.82) is 0 Å². The standard InChI is InChI=1S/C21H22BrN3O6/c1-13-11-18(14(2)10-17(13)22)24-20(27)12-31-21(28)5-3-4-19(26)23-15-6-8-16(9-7-15)25(29)30/h6-11H,3-5,12H2,1-2H3,(H,23,26)(H,24,27). The Balaban J connectivity index is 1.68. The van der Waals surface area contributed by atoms with E-state index in [9.17, 15) is 24.5 Å². The molecule has 2 rings (SSSR count). The molecule has 0 aliphatic rings. The zero-order valence-corrected chi connectivity index (χ0v) is 18.7. The van der Waals surface area contributed by atoms with E-state index in [-0.39, 0.29) is 30.9 Å². The third-order valence-electron chi connectivity index (χ3n) is 4.29. The van der Waals surface area contributed by atoms with Crippen molar-refractivity contribution in [3.05, 3.63) is 62.1 Å². The molecule has 2 N–H and O–H groups in total. The van der Waals surface area contributed by atoms with Crippen LogP contribution in [0.5, 0.6) is 0 Å². The van der Waals surface area contributed by atoms with Crippen LogP contribution in [0.25, 0.3) is 0 Å². The highest BCUT2D eigenvalue weighted by Gasteiger charge is 2.12. The number of nitrogens with one attached hydrogen (secondary N) is 2. The average molecular weight is 492 g/mol. The number of hydrogen-bond acceptors (Lipinski definition) is 6. The predicted molar refractivity (Wildman–Crippen MR) is 119 cm³/mol. The molecular formula is C21H22BrN3O6. The second kappa shape index (κ2) is 11.2. The number of rotatable bonds is 9. The Bertz CT molecular complexity index is 991. The van der Waals surface area contributed by atoms with Crippen molar-refractivity contribution >= 4 is 50.8 Å². The number of esters is 1. The summed E-state index contributed by atoms with van der Waals surface area (Å²) in [6.07, 6.45) is 0.289. The average Bonchev–Trinajstić information content (AvgIpc) is 2.71. The zero-order valence-electron chi connectivity index (χ0n) is 17.1. The summed E-state index contributed by atoms with van der Waals surface area (Å²) in [5, 5.41) is 15.9.